The van der Waals surface area contributed by atoms with Gasteiger partial charge in [0.1, 0.15) is 0 Å². The van der Waals surface area contributed by atoms with Gasteiger partial charge in [0.15, 0.2) is 0 Å². The molecule has 4 heteroatoms. The fourth-order valence-electron chi connectivity index (χ4n) is 0.961. The molecule has 0 aliphatic carbocycles. The smallest absolute Gasteiger partial charge is 0.324 e. The maximum Gasteiger partial charge on any atom is 0.331 e. The molecule has 14 heavy (non-hydrogen) atoms. The summed E-state index contributed by atoms with van der Waals surface area (Å²) in [5.74, 6) is 0. The lowest BCUT2D eigenvalue weighted by Crippen LogP contribution is -2.28. The Labute approximate surface area is 87.4 Å². The number of rotatable bonds is 2. The highest BCUT2D eigenvalue weighted by molar-refractivity contribution is 7.53. The molecule has 0 bridgehead atoms. The second-order valence-electron chi connectivity index (χ2n) is 5.81. The lowest BCUT2D eigenvalue weighted by atomic mass is 9.93. The zero-order chi connectivity index (χ0) is 11.8. The third-order valence-corrected chi connectivity index (χ3v) is 4.71. The Balaban J connectivity index is 4.73. The van der Waals surface area contributed by atoms with Gasteiger partial charge in [0, 0.05) is 0 Å². The van der Waals surface area contributed by atoms with Crippen molar-refractivity contribution in [1.82, 2.24) is 0 Å². The summed E-state index contributed by atoms with van der Waals surface area (Å²) in [6.45, 7) is 12.9. The molecule has 0 aliphatic heterocycles. The Bertz CT molecular complexity index is 235. The molecule has 0 radical (unpaired) electrons. The van der Waals surface area contributed by atoms with Gasteiger partial charge in [0.25, 0.3) is 0 Å². The van der Waals surface area contributed by atoms with E-state index in [1.54, 1.807) is 27.7 Å². The predicted molar refractivity (Wildman–Crippen MR) is 59.6 cm³/mol. The van der Waals surface area contributed by atoms with Gasteiger partial charge >= 0.3 is 7.60 Å². The molecule has 0 saturated heterocycles. The van der Waals surface area contributed by atoms with Crippen LogP contribution in [0.5, 0.6) is 0 Å². The second-order valence-corrected chi connectivity index (χ2v) is 7.90. The molecule has 0 aliphatic rings. The van der Waals surface area contributed by atoms with Crippen LogP contribution in [0.3, 0.4) is 0 Å². The molecular formula is C10H23O3P. The quantitative estimate of drug-likeness (QED) is 0.728. The molecule has 2 atom stereocenters. The maximum atomic E-state index is 11.9. The lowest BCUT2D eigenvalue weighted by molar-refractivity contribution is 0.102. The molecule has 86 valence electrons. The summed E-state index contributed by atoms with van der Waals surface area (Å²) in [4.78, 5) is 9.79. The minimum Gasteiger partial charge on any atom is -0.324 e. The fourth-order valence-corrected chi connectivity index (χ4v) is 2.88. The Hall–Kier alpha value is 0.150. The first-order valence-electron chi connectivity index (χ1n) is 4.89. The minimum absolute atomic E-state index is 0.227. The van der Waals surface area contributed by atoms with Gasteiger partial charge in [0.2, 0.25) is 0 Å². The monoisotopic (exact) mass is 222 g/mol. The summed E-state index contributed by atoms with van der Waals surface area (Å²) in [6.07, 6.45) is 0. The van der Waals surface area contributed by atoms with Crippen molar-refractivity contribution in [3.05, 3.63) is 0 Å². The van der Waals surface area contributed by atoms with E-state index in [2.05, 4.69) is 0 Å². The van der Waals surface area contributed by atoms with Crippen molar-refractivity contribution >= 4 is 7.60 Å². The van der Waals surface area contributed by atoms with Crippen LogP contribution in [0.2, 0.25) is 0 Å². The summed E-state index contributed by atoms with van der Waals surface area (Å²) >= 11 is 0. The highest BCUT2D eigenvalue weighted by Crippen LogP contribution is 2.56. The van der Waals surface area contributed by atoms with Crippen LogP contribution in [-0.2, 0) is 9.09 Å². The van der Waals surface area contributed by atoms with Crippen molar-refractivity contribution in [2.45, 2.75) is 59.7 Å². The molecule has 0 amide bonds. The predicted octanol–water partition coefficient (Wildman–Crippen LogP) is 3.42. The van der Waals surface area contributed by atoms with Crippen LogP contribution in [0.1, 0.15) is 48.5 Å². The molecule has 0 saturated carbocycles. The Morgan fingerprint density at radius 2 is 1.50 bits per heavy atom. The van der Waals surface area contributed by atoms with E-state index in [1.165, 1.54) is 0 Å². The molecule has 0 aromatic carbocycles. The van der Waals surface area contributed by atoms with Crippen molar-refractivity contribution in [3.63, 3.8) is 0 Å². The van der Waals surface area contributed by atoms with Crippen LogP contribution in [0.4, 0.5) is 0 Å². The van der Waals surface area contributed by atoms with Crippen molar-refractivity contribution in [2.75, 3.05) is 0 Å². The van der Waals surface area contributed by atoms with E-state index in [-0.39, 0.29) is 11.1 Å². The highest BCUT2D eigenvalue weighted by Gasteiger charge is 2.40. The van der Waals surface area contributed by atoms with E-state index in [4.69, 9.17) is 4.52 Å². The van der Waals surface area contributed by atoms with Gasteiger partial charge in [-0.2, -0.15) is 0 Å². The zero-order valence-electron chi connectivity index (χ0n) is 10.3. The molecule has 3 nitrogen and oxygen atoms in total. The van der Waals surface area contributed by atoms with Gasteiger partial charge in [-0.1, -0.05) is 27.7 Å². The Morgan fingerprint density at radius 3 is 1.71 bits per heavy atom. The van der Waals surface area contributed by atoms with Gasteiger partial charge < -0.3 is 9.42 Å². The van der Waals surface area contributed by atoms with E-state index in [9.17, 15) is 9.46 Å². The first-order valence-corrected chi connectivity index (χ1v) is 6.54. The van der Waals surface area contributed by atoms with Crippen LogP contribution in [0.15, 0.2) is 0 Å². The van der Waals surface area contributed by atoms with Gasteiger partial charge in [0.05, 0.1) is 11.3 Å². The first kappa shape index (κ1) is 14.2. The van der Waals surface area contributed by atoms with E-state index < -0.39 is 13.2 Å². The minimum atomic E-state index is -3.53. The largest absolute Gasteiger partial charge is 0.331 e. The molecule has 0 rings (SSSR count). The highest BCUT2D eigenvalue weighted by atomic mass is 31.2. The summed E-state index contributed by atoms with van der Waals surface area (Å²) in [7, 11) is -3.53. The topological polar surface area (TPSA) is 46.5 Å². The van der Waals surface area contributed by atoms with Gasteiger partial charge in [-0.3, -0.25) is 4.57 Å². The molecule has 0 spiro atoms. The first-order chi connectivity index (χ1) is 5.86. The molecule has 0 heterocycles. The van der Waals surface area contributed by atoms with Crippen LogP contribution in [-0.4, -0.2) is 16.2 Å². The SMILES string of the molecule is CC(C(C)(C)C)P(=O)(O)OC(C)(C)C. The number of hydrogen-bond donors (Lipinski definition) is 1. The van der Waals surface area contributed by atoms with Gasteiger partial charge in [-0.15, -0.1) is 0 Å². The van der Waals surface area contributed by atoms with Crippen LogP contribution in [0.25, 0.3) is 0 Å². The van der Waals surface area contributed by atoms with Crippen molar-refractivity contribution in [1.29, 1.82) is 0 Å². The standard InChI is InChI=1S/C10H23O3P/c1-8(9(2,3)4)14(11,12)13-10(5,6)7/h8H,1-7H3,(H,11,12). The second kappa shape index (κ2) is 3.96. The third-order valence-electron chi connectivity index (χ3n) is 2.15. The van der Waals surface area contributed by atoms with Crippen LogP contribution in [0, 0.1) is 5.41 Å². The molecule has 0 aromatic heterocycles. The average molecular weight is 222 g/mol. The normalized spacial score (nSPS) is 20.3. The molecule has 1 N–H and O–H groups in total. The average Bonchev–Trinajstić information content (AvgIpc) is 1.78. The molecule has 0 aromatic rings. The molecule has 0 fully saturated rings. The lowest BCUT2D eigenvalue weighted by Gasteiger charge is -2.33. The third kappa shape index (κ3) is 4.59. The summed E-state index contributed by atoms with van der Waals surface area (Å²) in [6, 6.07) is 0. The maximum absolute atomic E-state index is 11.9. The number of hydrogen-bond acceptors (Lipinski definition) is 2. The van der Waals surface area contributed by atoms with E-state index in [0.29, 0.717) is 0 Å². The van der Waals surface area contributed by atoms with E-state index >= 15 is 0 Å². The van der Waals surface area contributed by atoms with Crippen LogP contribution < -0.4 is 0 Å². The van der Waals surface area contributed by atoms with Crippen LogP contribution >= 0.6 is 7.60 Å². The van der Waals surface area contributed by atoms with Crippen molar-refractivity contribution in [3.8, 4) is 0 Å². The summed E-state index contributed by atoms with van der Waals surface area (Å²) in [5, 5.41) is 0. The Morgan fingerprint density at radius 1 is 1.14 bits per heavy atom. The summed E-state index contributed by atoms with van der Waals surface area (Å²) < 4.78 is 17.1. The Kier molecular flexibility index (Phi) is 4.00. The molecule has 2 unspecified atom stereocenters. The van der Waals surface area contributed by atoms with Gasteiger partial charge in [-0.25, -0.2) is 0 Å². The van der Waals surface area contributed by atoms with Gasteiger partial charge in [-0.05, 0) is 26.2 Å². The van der Waals surface area contributed by atoms with Crippen molar-refractivity contribution < 1.29 is 14.0 Å². The van der Waals surface area contributed by atoms with E-state index in [0.717, 1.165) is 0 Å². The summed E-state index contributed by atoms with van der Waals surface area (Å²) in [5.41, 5.74) is -1.17. The van der Waals surface area contributed by atoms with E-state index in [1.807, 2.05) is 20.8 Å². The van der Waals surface area contributed by atoms with Crippen molar-refractivity contribution in [2.24, 2.45) is 5.41 Å². The zero-order valence-corrected chi connectivity index (χ0v) is 11.2. The fraction of sp³-hybridized carbons (Fsp3) is 1.00. The molecular weight excluding hydrogens is 199 g/mol.